The third-order valence-electron chi connectivity index (χ3n) is 11.9. The van der Waals surface area contributed by atoms with E-state index >= 15 is 0 Å². The van der Waals surface area contributed by atoms with E-state index in [2.05, 4.69) is 170 Å². The molecule has 0 aliphatic carbocycles. The Morgan fingerprint density at radius 2 is 0.778 bits per heavy atom. The zero-order valence-corrected chi connectivity index (χ0v) is 29.0. The van der Waals surface area contributed by atoms with E-state index < -0.39 is 0 Å². The molecule has 0 bridgehead atoms. The molecule has 13 rings (SSSR count). The first-order chi connectivity index (χ1) is 26.8. The number of furan rings is 2. The number of benzene rings is 11. The quantitative estimate of drug-likeness (QED) is 0.134. The van der Waals surface area contributed by atoms with Crippen molar-refractivity contribution in [3.05, 3.63) is 170 Å². The van der Waals surface area contributed by atoms with Gasteiger partial charge in [0.05, 0.1) is 0 Å². The monoisotopic (exact) mass is 684 g/mol. The molecule has 0 amide bonds. The molecular weight excluding hydrogens is 657 g/mol. The first-order valence-electron chi connectivity index (χ1n) is 18.6. The Kier molecular flexibility index (Phi) is 5.39. The average molecular weight is 685 g/mol. The van der Waals surface area contributed by atoms with Gasteiger partial charge in [0.2, 0.25) is 0 Å². The summed E-state index contributed by atoms with van der Waals surface area (Å²) >= 11 is 0. The second-order valence-corrected chi connectivity index (χ2v) is 14.7. The molecule has 2 heterocycles. The van der Waals surface area contributed by atoms with Crippen LogP contribution in [0.2, 0.25) is 0 Å². The fraction of sp³-hybridized carbons (Fsp3) is 0. The molecule has 54 heavy (non-hydrogen) atoms. The Labute approximate surface area is 308 Å². The lowest BCUT2D eigenvalue weighted by Crippen LogP contribution is -1.90. The Morgan fingerprint density at radius 3 is 1.48 bits per heavy atom. The highest BCUT2D eigenvalue weighted by Gasteiger charge is 2.21. The normalized spacial score (nSPS) is 12.4. The van der Waals surface area contributed by atoms with Gasteiger partial charge in [-0.2, -0.15) is 0 Å². The lowest BCUT2D eigenvalue weighted by Gasteiger charge is -2.17. The van der Waals surface area contributed by atoms with Crippen LogP contribution in [0.1, 0.15) is 0 Å². The van der Waals surface area contributed by atoms with E-state index in [0.29, 0.717) is 0 Å². The van der Waals surface area contributed by atoms with Crippen LogP contribution in [0.25, 0.3) is 131 Å². The fourth-order valence-corrected chi connectivity index (χ4v) is 9.63. The van der Waals surface area contributed by atoms with E-state index in [1.807, 2.05) is 0 Å². The van der Waals surface area contributed by atoms with Gasteiger partial charge < -0.3 is 8.83 Å². The summed E-state index contributed by atoms with van der Waals surface area (Å²) in [6.45, 7) is 0. The second kappa shape index (κ2) is 10.2. The molecule has 0 atom stereocenters. The Balaban J connectivity index is 1.08. The summed E-state index contributed by atoms with van der Waals surface area (Å²) in [6, 6.07) is 61.8. The van der Waals surface area contributed by atoms with Crippen molar-refractivity contribution in [3.63, 3.8) is 0 Å². The predicted octanol–water partition coefficient (Wildman–Crippen LogP) is 15.2. The maximum absolute atomic E-state index is 6.93. The summed E-state index contributed by atoms with van der Waals surface area (Å²) in [7, 11) is 0. The summed E-state index contributed by atoms with van der Waals surface area (Å²) in [5.74, 6) is 0. The van der Waals surface area contributed by atoms with E-state index in [-0.39, 0.29) is 0 Å². The van der Waals surface area contributed by atoms with Gasteiger partial charge in [-0.05, 0) is 113 Å². The lowest BCUT2D eigenvalue weighted by molar-refractivity contribution is 0.669. The van der Waals surface area contributed by atoms with Crippen LogP contribution in [0, 0.1) is 0 Å². The molecule has 13 aromatic rings. The number of hydrogen-bond donors (Lipinski definition) is 0. The molecule has 2 aromatic heterocycles. The standard InChI is InChI=1S/C52H28O2/c1-2-10-32-27-46-43(25-31(32)9-1)42-26-33(22-24-44(42)53-46)47-35-13-3-5-15-37(35)48(38-16-6-4-14-36(38)47)34-21-23-39-45(28-34)54-52-41-18-8-12-30-20-19-29-11-7-17-40(51(39)52)49(29)50(30)41/h1-28H. The first-order valence-corrected chi connectivity index (χ1v) is 18.6. The summed E-state index contributed by atoms with van der Waals surface area (Å²) in [5, 5.41) is 19.4. The topological polar surface area (TPSA) is 26.3 Å². The molecule has 0 radical (unpaired) electrons. The van der Waals surface area contributed by atoms with Crippen molar-refractivity contribution in [1.29, 1.82) is 0 Å². The molecule has 0 spiro atoms. The van der Waals surface area contributed by atoms with E-state index in [1.54, 1.807) is 0 Å². The van der Waals surface area contributed by atoms with Crippen molar-refractivity contribution in [1.82, 2.24) is 0 Å². The average Bonchev–Trinajstić information content (AvgIpc) is 3.79. The van der Waals surface area contributed by atoms with Gasteiger partial charge in [-0.1, -0.05) is 133 Å². The third kappa shape index (κ3) is 3.69. The van der Waals surface area contributed by atoms with E-state index in [4.69, 9.17) is 8.83 Å². The molecule has 0 aliphatic heterocycles. The van der Waals surface area contributed by atoms with Crippen LogP contribution >= 0.6 is 0 Å². The highest BCUT2D eigenvalue weighted by molar-refractivity contribution is 6.36. The molecule has 2 heteroatoms. The third-order valence-corrected chi connectivity index (χ3v) is 11.9. The van der Waals surface area contributed by atoms with Gasteiger partial charge >= 0.3 is 0 Å². The van der Waals surface area contributed by atoms with Crippen molar-refractivity contribution < 1.29 is 8.83 Å². The Hall–Kier alpha value is -7.16. The van der Waals surface area contributed by atoms with Crippen molar-refractivity contribution >= 4 is 109 Å². The van der Waals surface area contributed by atoms with Gasteiger partial charge in [-0.25, -0.2) is 0 Å². The van der Waals surface area contributed by atoms with Crippen LogP contribution in [-0.2, 0) is 0 Å². The fourth-order valence-electron chi connectivity index (χ4n) is 9.63. The number of hydrogen-bond acceptors (Lipinski definition) is 2. The van der Waals surface area contributed by atoms with Gasteiger partial charge in [0.15, 0.2) is 0 Å². The molecule has 0 aliphatic rings. The minimum atomic E-state index is 0.902. The molecule has 0 unspecified atom stereocenters. The number of rotatable bonds is 2. The summed E-state index contributed by atoms with van der Waals surface area (Å²) in [4.78, 5) is 0. The highest BCUT2D eigenvalue weighted by Crippen LogP contribution is 2.48. The summed E-state index contributed by atoms with van der Waals surface area (Å²) in [6.07, 6.45) is 0. The predicted molar refractivity (Wildman–Crippen MR) is 228 cm³/mol. The van der Waals surface area contributed by atoms with Gasteiger partial charge in [-0.15, -0.1) is 0 Å². The zero-order valence-electron chi connectivity index (χ0n) is 29.0. The van der Waals surface area contributed by atoms with Gasteiger partial charge in [0.1, 0.15) is 22.3 Å². The second-order valence-electron chi connectivity index (χ2n) is 14.7. The minimum absolute atomic E-state index is 0.902. The van der Waals surface area contributed by atoms with Crippen LogP contribution in [-0.4, -0.2) is 0 Å². The van der Waals surface area contributed by atoms with E-state index in [1.165, 1.54) is 86.7 Å². The van der Waals surface area contributed by atoms with Crippen molar-refractivity contribution in [2.45, 2.75) is 0 Å². The molecular formula is C52H28O2. The zero-order chi connectivity index (χ0) is 35.1. The molecule has 0 N–H and O–H groups in total. The van der Waals surface area contributed by atoms with Crippen LogP contribution in [0.4, 0.5) is 0 Å². The van der Waals surface area contributed by atoms with E-state index in [9.17, 15) is 0 Å². The van der Waals surface area contributed by atoms with Crippen molar-refractivity contribution in [3.8, 4) is 22.3 Å². The highest BCUT2D eigenvalue weighted by atomic mass is 16.3. The molecule has 0 saturated carbocycles. The summed E-state index contributed by atoms with van der Waals surface area (Å²) in [5.41, 5.74) is 8.45. The van der Waals surface area contributed by atoms with Crippen LogP contribution in [0.15, 0.2) is 179 Å². The smallest absolute Gasteiger partial charge is 0.143 e. The lowest BCUT2D eigenvalue weighted by atomic mass is 9.85. The van der Waals surface area contributed by atoms with E-state index in [0.717, 1.165) is 44.1 Å². The molecule has 2 nitrogen and oxygen atoms in total. The van der Waals surface area contributed by atoms with Crippen LogP contribution in [0.3, 0.4) is 0 Å². The van der Waals surface area contributed by atoms with Crippen LogP contribution in [0.5, 0.6) is 0 Å². The van der Waals surface area contributed by atoms with Gasteiger partial charge in [0, 0.05) is 32.3 Å². The Morgan fingerprint density at radius 1 is 0.259 bits per heavy atom. The maximum Gasteiger partial charge on any atom is 0.143 e. The van der Waals surface area contributed by atoms with Crippen LogP contribution < -0.4 is 0 Å². The first kappa shape index (κ1) is 28.4. The van der Waals surface area contributed by atoms with Crippen molar-refractivity contribution in [2.24, 2.45) is 0 Å². The Bertz CT molecular complexity index is 3670. The maximum atomic E-state index is 6.93. The summed E-state index contributed by atoms with van der Waals surface area (Å²) < 4.78 is 13.3. The molecule has 0 fully saturated rings. The minimum Gasteiger partial charge on any atom is -0.456 e. The molecule has 11 aromatic carbocycles. The largest absolute Gasteiger partial charge is 0.456 e. The van der Waals surface area contributed by atoms with Gasteiger partial charge in [-0.3, -0.25) is 0 Å². The SMILES string of the molecule is c1ccc2cc3c(cc2c1)oc1ccc(-c2c4ccccc4c(-c4ccc5c(c4)oc4c6cccc7ccc8cccc(c54)c8c76)c4ccccc24)cc13. The van der Waals surface area contributed by atoms with Crippen molar-refractivity contribution in [2.75, 3.05) is 0 Å². The molecule has 248 valence electrons. The van der Waals surface area contributed by atoms with Gasteiger partial charge in [0.25, 0.3) is 0 Å². The number of fused-ring (bicyclic) bond motifs is 11. The molecule has 0 saturated heterocycles.